The highest BCUT2D eigenvalue weighted by atomic mass is 32.2. The van der Waals surface area contributed by atoms with Crippen LogP contribution in [0.25, 0.3) is 0 Å². The van der Waals surface area contributed by atoms with Crippen LogP contribution in [-0.2, 0) is 10.5 Å². The monoisotopic (exact) mass is 547 g/mol. The summed E-state index contributed by atoms with van der Waals surface area (Å²) in [6, 6.07) is 23.5. The van der Waals surface area contributed by atoms with E-state index in [1.165, 1.54) is 16.0 Å². The minimum absolute atomic E-state index is 0.102. The van der Waals surface area contributed by atoms with Crippen LogP contribution in [0.2, 0.25) is 0 Å². The first-order chi connectivity index (χ1) is 19.0. The lowest BCUT2D eigenvalue weighted by Gasteiger charge is -2.44. The molecule has 1 aliphatic heterocycles. The number of aryl methyl sites for hydroxylation is 3. The van der Waals surface area contributed by atoms with Crippen LogP contribution in [0, 0.1) is 44.4 Å². The molecule has 3 aromatic carbocycles. The fourth-order valence-electron chi connectivity index (χ4n) is 6.09. The van der Waals surface area contributed by atoms with Crippen LogP contribution in [0.1, 0.15) is 66.0 Å². The van der Waals surface area contributed by atoms with Crippen molar-refractivity contribution in [2.45, 2.75) is 71.0 Å². The Bertz CT molecular complexity index is 1600. The summed E-state index contributed by atoms with van der Waals surface area (Å²) in [5.74, 6) is 0.844. The number of allylic oxidation sites excluding steroid dienone is 3. The first-order valence-electron chi connectivity index (χ1n) is 13.8. The molecule has 0 saturated heterocycles. The number of Topliss-reactive ketones (excluding diaryl/α,β-unsaturated/α-hetero) is 1. The molecule has 0 aromatic heterocycles. The highest BCUT2D eigenvalue weighted by Gasteiger charge is 2.45. The number of thioether (sulfide) groups is 1. The van der Waals surface area contributed by atoms with Crippen molar-refractivity contribution in [3.05, 3.63) is 117 Å². The Morgan fingerprint density at radius 2 is 1.70 bits per heavy atom. The van der Waals surface area contributed by atoms with E-state index in [2.05, 4.69) is 83.2 Å². The van der Waals surface area contributed by atoms with Gasteiger partial charge in [0.2, 0.25) is 0 Å². The van der Waals surface area contributed by atoms with E-state index < -0.39 is 5.92 Å². The topological polar surface area (TPSA) is 70.1 Å². The molecule has 0 spiro atoms. The van der Waals surface area contributed by atoms with Gasteiger partial charge in [0.15, 0.2) is 5.78 Å². The van der Waals surface area contributed by atoms with Gasteiger partial charge < -0.3 is 5.73 Å². The molecule has 40 heavy (non-hydrogen) atoms. The van der Waals surface area contributed by atoms with Gasteiger partial charge >= 0.3 is 0 Å². The second-order valence-corrected chi connectivity index (χ2v) is 13.1. The lowest BCUT2D eigenvalue weighted by atomic mass is 9.68. The average Bonchev–Trinajstić information content (AvgIpc) is 2.88. The predicted octanol–water partition coefficient (Wildman–Crippen LogP) is 8.15. The quantitative estimate of drug-likeness (QED) is 0.326. The van der Waals surface area contributed by atoms with Gasteiger partial charge in [0.1, 0.15) is 5.82 Å². The number of benzene rings is 3. The molecular weight excluding hydrogens is 510 g/mol. The van der Waals surface area contributed by atoms with Crippen molar-refractivity contribution in [2.75, 3.05) is 4.90 Å². The largest absolute Gasteiger partial charge is 0.384 e. The third kappa shape index (κ3) is 5.21. The summed E-state index contributed by atoms with van der Waals surface area (Å²) in [7, 11) is 0. The Balaban J connectivity index is 1.67. The van der Waals surface area contributed by atoms with E-state index >= 15 is 0 Å². The zero-order valence-corrected chi connectivity index (χ0v) is 25.1. The fraction of sp³-hybridized carbons (Fsp3) is 0.314. The molecule has 204 valence electrons. The van der Waals surface area contributed by atoms with E-state index in [0.717, 1.165) is 45.0 Å². The van der Waals surface area contributed by atoms with Crippen LogP contribution < -0.4 is 10.6 Å². The van der Waals surface area contributed by atoms with Crippen molar-refractivity contribution in [3.63, 3.8) is 0 Å². The number of nitrogens with two attached hydrogens (primary N) is 1. The maximum atomic E-state index is 14.0. The zero-order valence-electron chi connectivity index (χ0n) is 24.3. The fourth-order valence-corrected chi connectivity index (χ4v) is 7.04. The van der Waals surface area contributed by atoms with Crippen molar-refractivity contribution in [1.29, 1.82) is 5.26 Å². The summed E-state index contributed by atoms with van der Waals surface area (Å²) in [5.41, 5.74) is 16.4. The van der Waals surface area contributed by atoms with Gasteiger partial charge in [-0.05, 0) is 86.1 Å². The zero-order chi connectivity index (χ0) is 28.8. The Morgan fingerprint density at radius 3 is 2.38 bits per heavy atom. The summed E-state index contributed by atoms with van der Waals surface area (Å²) in [4.78, 5) is 17.2. The Labute approximate surface area is 242 Å². The van der Waals surface area contributed by atoms with Gasteiger partial charge in [-0.3, -0.25) is 9.69 Å². The molecule has 5 heteroatoms. The lowest BCUT2D eigenvalue weighted by Crippen LogP contribution is -2.42. The van der Waals surface area contributed by atoms with Crippen molar-refractivity contribution < 1.29 is 4.79 Å². The van der Waals surface area contributed by atoms with Gasteiger partial charge in [0, 0.05) is 34.0 Å². The molecule has 4 nitrogen and oxygen atoms in total. The Hall–Kier alpha value is -3.75. The van der Waals surface area contributed by atoms with Crippen LogP contribution >= 0.6 is 11.8 Å². The van der Waals surface area contributed by atoms with Gasteiger partial charge in [-0.2, -0.15) is 5.26 Å². The number of rotatable bonds is 5. The highest BCUT2D eigenvalue weighted by Crippen LogP contribution is 2.51. The van der Waals surface area contributed by atoms with Gasteiger partial charge in [-0.1, -0.05) is 61.4 Å². The smallest absolute Gasteiger partial charge is 0.162 e. The standard InChI is InChI=1S/C35H37N3OS/c1-21-10-12-27(13-11-21)40-20-25-14-23(3)16-28(24(25)4)32-29(19-36)34(37)38(26-9-7-8-22(2)15-26)30-17-35(5,6)18-31(39)33(30)32/h7-16,32H,17-18,20,37H2,1-6H3. The minimum Gasteiger partial charge on any atom is -0.384 e. The molecule has 0 fully saturated rings. The van der Waals surface area contributed by atoms with Crippen molar-refractivity contribution in [3.8, 4) is 6.07 Å². The molecule has 2 aliphatic rings. The SMILES string of the molecule is Cc1ccc(SCc2cc(C)cc(C3C(C#N)=C(N)N(c4cccc(C)c4)C4=C3C(=O)CC(C)(C)C4)c2C)cc1. The number of hydrogen-bond acceptors (Lipinski definition) is 5. The number of carbonyl (C=O) groups is 1. The van der Waals surface area contributed by atoms with E-state index in [0.29, 0.717) is 24.2 Å². The summed E-state index contributed by atoms with van der Waals surface area (Å²) < 4.78 is 0. The molecule has 3 aromatic rings. The van der Waals surface area contributed by atoms with Crippen LogP contribution in [0.5, 0.6) is 0 Å². The Morgan fingerprint density at radius 1 is 0.975 bits per heavy atom. The molecule has 0 radical (unpaired) electrons. The van der Waals surface area contributed by atoms with Crippen molar-refractivity contribution >= 4 is 23.2 Å². The summed E-state index contributed by atoms with van der Waals surface area (Å²) in [6.45, 7) is 12.6. The molecule has 1 aliphatic carbocycles. The molecular formula is C35H37N3OS. The number of nitriles is 1. The molecule has 2 N–H and O–H groups in total. The van der Waals surface area contributed by atoms with Crippen LogP contribution in [0.4, 0.5) is 5.69 Å². The molecule has 5 rings (SSSR count). The highest BCUT2D eigenvalue weighted by molar-refractivity contribution is 7.98. The van der Waals surface area contributed by atoms with Gasteiger partial charge in [-0.15, -0.1) is 11.8 Å². The first kappa shape index (κ1) is 27.8. The first-order valence-corrected chi connectivity index (χ1v) is 14.8. The summed E-state index contributed by atoms with van der Waals surface area (Å²) in [5, 5.41) is 10.5. The third-order valence-corrected chi connectivity index (χ3v) is 9.13. The normalized spacial score (nSPS) is 18.6. The number of hydrogen-bond donors (Lipinski definition) is 1. The third-order valence-electron chi connectivity index (χ3n) is 8.07. The summed E-state index contributed by atoms with van der Waals surface area (Å²) >= 11 is 1.80. The minimum atomic E-state index is -0.479. The van der Waals surface area contributed by atoms with Crippen LogP contribution in [0.15, 0.2) is 88.2 Å². The van der Waals surface area contributed by atoms with E-state index in [1.54, 1.807) is 11.8 Å². The lowest BCUT2D eigenvalue weighted by molar-refractivity contribution is -0.118. The number of anilines is 1. The van der Waals surface area contributed by atoms with Crippen molar-refractivity contribution in [1.82, 2.24) is 0 Å². The van der Waals surface area contributed by atoms with Crippen LogP contribution in [0.3, 0.4) is 0 Å². The van der Waals surface area contributed by atoms with Gasteiger partial charge in [0.25, 0.3) is 0 Å². The predicted molar refractivity (Wildman–Crippen MR) is 165 cm³/mol. The maximum absolute atomic E-state index is 14.0. The average molecular weight is 548 g/mol. The number of nitrogens with zero attached hydrogens (tertiary/aromatic N) is 2. The van der Waals surface area contributed by atoms with E-state index in [-0.39, 0.29) is 11.2 Å². The number of carbonyl (C=O) groups excluding carboxylic acids is 1. The van der Waals surface area contributed by atoms with Gasteiger partial charge in [-0.25, -0.2) is 0 Å². The number of ketones is 1. The Kier molecular flexibility index (Phi) is 7.42. The molecule has 0 amide bonds. The maximum Gasteiger partial charge on any atom is 0.162 e. The molecule has 1 atom stereocenters. The second kappa shape index (κ2) is 10.7. The summed E-state index contributed by atoms with van der Waals surface area (Å²) in [6.07, 6.45) is 1.16. The van der Waals surface area contributed by atoms with Gasteiger partial charge in [0.05, 0.1) is 17.6 Å². The van der Waals surface area contributed by atoms with E-state index in [4.69, 9.17) is 5.73 Å². The van der Waals surface area contributed by atoms with E-state index in [1.807, 2.05) is 30.0 Å². The second-order valence-electron chi connectivity index (χ2n) is 12.1. The molecule has 0 bridgehead atoms. The molecule has 1 heterocycles. The molecule has 1 unspecified atom stereocenters. The van der Waals surface area contributed by atoms with Crippen molar-refractivity contribution in [2.24, 2.45) is 11.1 Å². The van der Waals surface area contributed by atoms with Crippen LogP contribution in [-0.4, -0.2) is 5.78 Å². The van der Waals surface area contributed by atoms with E-state index in [9.17, 15) is 10.1 Å². The molecule has 0 saturated carbocycles.